The second kappa shape index (κ2) is 4.66. The van der Waals surface area contributed by atoms with Gasteiger partial charge >= 0.3 is 0 Å². The number of aliphatic hydroxyl groups excluding tert-OH is 1. The first kappa shape index (κ1) is 13.0. The minimum Gasteiger partial charge on any atom is -0.392 e. The summed E-state index contributed by atoms with van der Waals surface area (Å²) in [5, 5.41) is 10.6. The molecule has 7 heteroatoms. The van der Waals surface area contributed by atoms with E-state index in [0.29, 0.717) is 25.2 Å². The van der Waals surface area contributed by atoms with Gasteiger partial charge in [-0.2, -0.15) is 0 Å². The molecular formula is C10H15NO4S2. The highest BCUT2D eigenvalue weighted by molar-refractivity contribution is 7.91. The molecule has 0 bridgehead atoms. The summed E-state index contributed by atoms with van der Waals surface area (Å²) in [7, 11) is -3.51. The lowest BCUT2D eigenvalue weighted by Crippen LogP contribution is -2.46. The van der Waals surface area contributed by atoms with E-state index in [0.717, 1.165) is 11.3 Å². The second-order valence-corrected chi connectivity index (χ2v) is 7.22. The number of sulfonamides is 1. The third-order valence-electron chi connectivity index (χ3n) is 2.68. The molecule has 1 aliphatic rings. The predicted octanol–water partition coefficient (Wildman–Crippen LogP) is 0.698. The lowest BCUT2D eigenvalue weighted by Gasteiger charge is -2.22. The van der Waals surface area contributed by atoms with Crippen LogP contribution in [0.4, 0.5) is 0 Å². The van der Waals surface area contributed by atoms with Gasteiger partial charge in [0.05, 0.1) is 18.8 Å². The third-order valence-corrected chi connectivity index (χ3v) is 5.80. The molecule has 1 aliphatic heterocycles. The molecule has 1 atom stereocenters. The summed E-state index contributed by atoms with van der Waals surface area (Å²) in [5.74, 6) is 0. The summed E-state index contributed by atoms with van der Waals surface area (Å²) in [5.41, 5.74) is 0.0885. The fourth-order valence-corrected chi connectivity index (χ4v) is 4.32. The highest BCUT2D eigenvalue weighted by atomic mass is 32.2. The molecule has 96 valence electrons. The summed E-state index contributed by atoms with van der Waals surface area (Å²) in [6.45, 7) is 2.65. The summed E-state index contributed by atoms with van der Waals surface area (Å²) in [6.07, 6.45) is 0.671. The van der Waals surface area contributed by atoms with Crippen LogP contribution in [0.3, 0.4) is 0 Å². The van der Waals surface area contributed by atoms with Crippen molar-refractivity contribution in [1.29, 1.82) is 0 Å². The molecule has 2 heterocycles. The van der Waals surface area contributed by atoms with Crippen molar-refractivity contribution < 1.29 is 18.3 Å². The van der Waals surface area contributed by atoms with Crippen molar-refractivity contribution in [3.63, 3.8) is 0 Å². The van der Waals surface area contributed by atoms with Crippen LogP contribution in [0, 0.1) is 0 Å². The molecule has 0 aromatic carbocycles. The first-order valence-electron chi connectivity index (χ1n) is 5.25. The number of aliphatic hydroxyl groups is 1. The molecule has 1 aromatic heterocycles. The molecule has 5 nitrogen and oxygen atoms in total. The third kappa shape index (κ3) is 2.86. The molecule has 2 rings (SSSR count). The van der Waals surface area contributed by atoms with E-state index in [-0.39, 0.29) is 10.8 Å². The van der Waals surface area contributed by atoms with Crippen molar-refractivity contribution in [2.45, 2.75) is 29.7 Å². The fourth-order valence-electron chi connectivity index (χ4n) is 1.70. The van der Waals surface area contributed by atoms with Gasteiger partial charge in [-0.05, 0) is 30.4 Å². The van der Waals surface area contributed by atoms with Crippen LogP contribution in [-0.2, 0) is 21.4 Å². The molecule has 0 amide bonds. The monoisotopic (exact) mass is 277 g/mol. The largest absolute Gasteiger partial charge is 0.392 e. The van der Waals surface area contributed by atoms with Crippen LogP contribution < -0.4 is 4.72 Å². The van der Waals surface area contributed by atoms with Gasteiger partial charge in [0.15, 0.2) is 0 Å². The van der Waals surface area contributed by atoms with Crippen LogP contribution in [0.25, 0.3) is 0 Å². The molecule has 0 aliphatic carbocycles. The lowest BCUT2D eigenvalue weighted by molar-refractivity contribution is 0.178. The van der Waals surface area contributed by atoms with Gasteiger partial charge in [0, 0.05) is 6.61 Å². The Balaban J connectivity index is 2.18. The number of ether oxygens (including phenoxy) is 1. The normalized spacial score (nSPS) is 25.3. The first-order chi connectivity index (χ1) is 7.95. The molecule has 1 fully saturated rings. The summed E-state index contributed by atoms with van der Waals surface area (Å²) >= 11 is 1.11. The minimum atomic E-state index is -3.51. The Hall–Kier alpha value is -0.470. The Labute approximate surface area is 104 Å². The fraction of sp³-hybridized carbons (Fsp3) is 0.600. The molecule has 2 N–H and O–H groups in total. The van der Waals surface area contributed by atoms with Crippen LogP contribution in [0.5, 0.6) is 0 Å². The number of nitrogens with one attached hydrogen (secondary N) is 1. The molecule has 17 heavy (non-hydrogen) atoms. The van der Waals surface area contributed by atoms with Crippen molar-refractivity contribution in [3.05, 3.63) is 17.0 Å². The number of rotatable bonds is 4. The van der Waals surface area contributed by atoms with Crippen LogP contribution >= 0.6 is 11.3 Å². The molecule has 0 spiro atoms. The van der Waals surface area contributed by atoms with Gasteiger partial charge in [-0.15, -0.1) is 11.3 Å². The minimum absolute atomic E-state index is 0.146. The molecule has 1 aromatic rings. The number of hydrogen-bond donors (Lipinski definition) is 2. The van der Waals surface area contributed by atoms with Crippen LogP contribution in [0.15, 0.2) is 15.7 Å². The van der Waals surface area contributed by atoms with E-state index >= 15 is 0 Å². The second-order valence-electron chi connectivity index (χ2n) is 4.40. The maximum atomic E-state index is 12.1. The van der Waals surface area contributed by atoms with E-state index < -0.39 is 15.6 Å². The average Bonchev–Trinajstić information content (AvgIpc) is 2.85. The summed E-state index contributed by atoms with van der Waals surface area (Å²) < 4.78 is 32.3. The van der Waals surface area contributed by atoms with Crippen molar-refractivity contribution >= 4 is 21.4 Å². The smallest absolute Gasteiger partial charge is 0.250 e. The zero-order chi connectivity index (χ0) is 12.5. The highest BCUT2D eigenvalue weighted by Gasteiger charge is 2.35. The van der Waals surface area contributed by atoms with E-state index in [9.17, 15) is 8.42 Å². The van der Waals surface area contributed by atoms with Gasteiger partial charge in [0.1, 0.15) is 4.21 Å². The Bertz CT molecular complexity index is 488. The Kier molecular flexibility index (Phi) is 3.55. The van der Waals surface area contributed by atoms with Crippen molar-refractivity contribution in [2.24, 2.45) is 0 Å². The van der Waals surface area contributed by atoms with Crippen molar-refractivity contribution in [2.75, 3.05) is 13.2 Å². The van der Waals surface area contributed by atoms with E-state index in [4.69, 9.17) is 9.84 Å². The van der Waals surface area contributed by atoms with Crippen molar-refractivity contribution in [3.8, 4) is 0 Å². The van der Waals surface area contributed by atoms with Crippen molar-refractivity contribution in [1.82, 2.24) is 4.72 Å². The van der Waals surface area contributed by atoms with Crippen LogP contribution in [-0.4, -0.2) is 32.3 Å². The van der Waals surface area contributed by atoms with Crippen LogP contribution in [0.2, 0.25) is 0 Å². The molecular weight excluding hydrogens is 262 g/mol. The van der Waals surface area contributed by atoms with E-state index in [1.807, 2.05) is 6.92 Å². The number of hydrogen-bond acceptors (Lipinski definition) is 5. The van der Waals surface area contributed by atoms with E-state index in [1.54, 1.807) is 5.38 Å². The lowest BCUT2D eigenvalue weighted by atomic mass is 10.0. The Morgan fingerprint density at radius 2 is 2.41 bits per heavy atom. The first-order valence-corrected chi connectivity index (χ1v) is 7.61. The zero-order valence-electron chi connectivity index (χ0n) is 9.47. The van der Waals surface area contributed by atoms with Gasteiger partial charge in [-0.25, -0.2) is 13.1 Å². The number of thiophene rings is 1. The Morgan fingerprint density at radius 1 is 1.65 bits per heavy atom. The average molecular weight is 277 g/mol. The Morgan fingerprint density at radius 3 is 2.94 bits per heavy atom. The van der Waals surface area contributed by atoms with Gasteiger partial charge in [-0.1, -0.05) is 0 Å². The SMILES string of the molecule is CC1(NS(=O)(=O)c2cc(CO)cs2)CCOC1. The summed E-state index contributed by atoms with van der Waals surface area (Å²) in [6, 6.07) is 1.49. The van der Waals surface area contributed by atoms with E-state index in [2.05, 4.69) is 4.72 Å². The standard InChI is InChI=1S/C10H15NO4S2/c1-10(2-3-15-7-10)11-17(13,14)9-4-8(5-12)6-16-9/h4,6,11-12H,2-3,5,7H2,1H3. The predicted molar refractivity (Wildman–Crippen MR) is 64.4 cm³/mol. The molecule has 0 saturated carbocycles. The van der Waals surface area contributed by atoms with Crippen LogP contribution in [0.1, 0.15) is 18.9 Å². The van der Waals surface area contributed by atoms with Gasteiger partial charge in [0.2, 0.25) is 0 Å². The molecule has 1 saturated heterocycles. The zero-order valence-corrected chi connectivity index (χ0v) is 11.1. The van der Waals surface area contributed by atoms with Gasteiger partial charge in [-0.3, -0.25) is 0 Å². The maximum absolute atomic E-state index is 12.1. The topological polar surface area (TPSA) is 75.6 Å². The van der Waals surface area contributed by atoms with E-state index in [1.165, 1.54) is 6.07 Å². The summed E-state index contributed by atoms with van der Waals surface area (Å²) in [4.78, 5) is 0. The maximum Gasteiger partial charge on any atom is 0.250 e. The highest BCUT2D eigenvalue weighted by Crippen LogP contribution is 2.25. The van der Waals surface area contributed by atoms with Gasteiger partial charge in [0.25, 0.3) is 10.0 Å². The quantitative estimate of drug-likeness (QED) is 0.849. The van der Waals surface area contributed by atoms with Gasteiger partial charge < -0.3 is 9.84 Å². The molecule has 1 unspecified atom stereocenters. The molecule has 0 radical (unpaired) electrons.